The van der Waals surface area contributed by atoms with Gasteiger partial charge in [-0.15, -0.1) is 0 Å². The number of rotatable bonds is 10. The second-order valence-electron chi connectivity index (χ2n) is 9.16. The van der Waals surface area contributed by atoms with Crippen LogP contribution in [0.3, 0.4) is 0 Å². The summed E-state index contributed by atoms with van der Waals surface area (Å²) in [6.07, 6.45) is 3.05. The summed E-state index contributed by atoms with van der Waals surface area (Å²) in [5, 5.41) is 0. The van der Waals surface area contributed by atoms with Gasteiger partial charge < -0.3 is 23.7 Å². The van der Waals surface area contributed by atoms with E-state index in [2.05, 4.69) is 11.6 Å². The van der Waals surface area contributed by atoms with E-state index in [4.69, 9.17) is 23.7 Å². The summed E-state index contributed by atoms with van der Waals surface area (Å²) < 4.78 is 29.6. The third kappa shape index (κ3) is 5.67. The molecule has 0 amide bonds. The highest BCUT2D eigenvalue weighted by atomic mass is 32.1. The summed E-state index contributed by atoms with van der Waals surface area (Å²) in [7, 11) is 4.65. The van der Waals surface area contributed by atoms with E-state index in [1.54, 1.807) is 77.5 Å². The lowest BCUT2D eigenvalue weighted by atomic mass is 9.95. The van der Waals surface area contributed by atoms with E-state index in [1.807, 2.05) is 6.07 Å². The van der Waals surface area contributed by atoms with Crippen LogP contribution < -0.4 is 33.8 Å². The summed E-state index contributed by atoms with van der Waals surface area (Å²) in [6, 6.07) is 9.92. The first kappa shape index (κ1) is 28.7. The fourth-order valence-corrected chi connectivity index (χ4v) is 5.44. The number of allylic oxidation sites excluding steroid dienone is 1. The van der Waals surface area contributed by atoms with Gasteiger partial charge in [-0.2, -0.15) is 0 Å². The molecule has 0 aliphatic carbocycles. The number of esters is 1. The van der Waals surface area contributed by atoms with E-state index in [-0.39, 0.29) is 17.2 Å². The van der Waals surface area contributed by atoms with E-state index in [0.717, 1.165) is 5.56 Å². The second-order valence-corrected chi connectivity index (χ2v) is 10.2. The lowest BCUT2D eigenvalue weighted by Gasteiger charge is -2.26. The molecule has 3 aromatic rings. The Hall–Kier alpha value is -4.31. The van der Waals surface area contributed by atoms with Gasteiger partial charge >= 0.3 is 5.97 Å². The summed E-state index contributed by atoms with van der Waals surface area (Å²) in [5.41, 5.74) is 1.85. The molecule has 0 fully saturated rings. The molecule has 0 radical (unpaired) electrons. The smallest absolute Gasteiger partial charge is 0.338 e. The molecule has 1 unspecified atom stereocenters. The van der Waals surface area contributed by atoms with Crippen LogP contribution in [0.2, 0.25) is 0 Å². The molecule has 1 aromatic heterocycles. The number of fused-ring (bicyclic) bond motifs is 1. The summed E-state index contributed by atoms with van der Waals surface area (Å²) >= 11 is 1.24. The van der Waals surface area contributed by atoms with Crippen molar-refractivity contribution in [2.75, 3.05) is 27.9 Å². The number of aromatic nitrogens is 1. The Morgan fingerprint density at radius 3 is 2.38 bits per heavy atom. The zero-order valence-corrected chi connectivity index (χ0v) is 24.2. The maximum atomic E-state index is 13.9. The van der Waals surface area contributed by atoms with Gasteiger partial charge in [0, 0.05) is 0 Å². The van der Waals surface area contributed by atoms with Crippen molar-refractivity contribution in [2.45, 2.75) is 32.9 Å². The maximum Gasteiger partial charge on any atom is 0.338 e. The van der Waals surface area contributed by atoms with E-state index < -0.39 is 12.0 Å². The summed E-state index contributed by atoms with van der Waals surface area (Å²) in [5.74, 6) is 1.56. The van der Waals surface area contributed by atoms with Crippen molar-refractivity contribution in [1.29, 1.82) is 0 Å². The van der Waals surface area contributed by atoms with E-state index in [9.17, 15) is 9.59 Å². The SMILES string of the molecule is C=CCOc1ccc(C2C(C(=O)OC(C)C)=C(C)N=c3sc(=Cc4ccc(OC)c(OC)c4)c(=O)n32)cc1OC. The van der Waals surface area contributed by atoms with Gasteiger partial charge in [-0.05, 0) is 62.2 Å². The number of carbonyl (C=O) groups excluding carboxylic acids is 1. The normalized spacial score (nSPS) is 14.9. The quantitative estimate of drug-likeness (QED) is 0.273. The lowest BCUT2D eigenvalue weighted by Crippen LogP contribution is -2.40. The number of benzene rings is 2. The minimum atomic E-state index is -0.794. The van der Waals surface area contributed by atoms with Crippen LogP contribution in [0.4, 0.5) is 0 Å². The molecular formula is C30H32N2O7S. The Bertz CT molecular complexity index is 1650. The lowest BCUT2D eigenvalue weighted by molar-refractivity contribution is -0.143. The van der Waals surface area contributed by atoms with Gasteiger partial charge in [-0.3, -0.25) is 9.36 Å². The first-order valence-electron chi connectivity index (χ1n) is 12.6. The van der Waals surface area contributed by atoms with Crippen molar-refractivity contribution in [1.82, 2.24) is 4.57 Å². The van der Waals surface area contributed by atoms with Crippen LogP contribution in [0.15, 0.2) is 70.1 Å². The molecular weight excluding hydrogens is 532 g/mol. The highest BCUT2D eigenvalue weighted by Crippen LogP contribution is 2.36. The van der Waals surface area contributed by atoms with Crippen LogP contribution in [-0.2, 0) is 9.53 Å². The molecule has 0 saturated heterocycles. The molecule has 1 aliphatic heterocycles. The molecule has 1 aliphatic rings. The van der Waals surface area contributed by atoms with Gasteiger partial charge in [0.25, 0.3) is 5.56 Å². The van der Waals surface area contributed by atoms with Crippen LogP contribution in [0.5, 0.6) is 23.0 Å². The van der Waals surface area contributed by atoms with E-state index in [0.29, 0.717) is 50.2 Å². The molecule has 10 heteroatoms. The number of methoxy groups -OCH3 is 3. The zero-order chi connectivity index (χ0) is 29.0. The molecule has 9 nitrogen and oxygen atoms in total. The predicted molar refractivity (Wildman–Crippen MR) is 153 cm³/mol. The van der Waals surface area contributed by atoms with Gasteiger partial charge in [-0.1, -0.05) is 36.1 Å². The maximum absolute atomic E-state index is 13.9. The molecule has 2 aromatic carbocycles. The zero-order valence-electron chi connectivity index (χ0n) is 23.3. The molecule has 4 rings (SSSR count). The number of hydrogen-bond donors (Lipinski definition) is 0. The predicted octanol–water partition coefficient (Wildman–Crippen LogP) is 3.78. The van der Waals surface area contributed by atoms with E-state index in [1.165, 1.54) is 23.0 Å². The molecule has 0 saturated carbocycles. The average Bonchev–Trinajstić information content (AvgIpc) is 3.24. The molecule has 0 N–H and O–H groups in total. The van der Waals surface area contributed by atoms with Crippen molar-refractivity contribution in [3.05, 3.63) is 91.1 Å². The van der Waals surface area contributed by atoms with Gasteiger partial charge in [0.15, 0.2) is 27.8 Å². The molecule has 2 heterocycles. The Kier molecular flexibility index (Phi) is 8.79. The first-order chi connectivity index (χ1) is 19.2. The van der Waals surface area contributed by atoms with Gasteiger partial charge in [0.2, 0.25) is 0 Å². The van der Waals surface area contributed by atoms with Crippen molar-refractivity contribution < 1.29 is 28.5 Å². The number of nitrogens with zero attached hydrogens (tertiary/aromatic N) is 2. The Labute approximate surface area is 236 Å². The number of carbonyl (C=O) groups is 1. The molecule has 210 valence electrons. The van der Waals surface area contributed by atoms with Crippen molar-refractivity contribution in [3.63, 3.8) is 0 Å². The standard InChI is InChI=1S/C30H32N2O7S/c1-8-13-38-22-12-10-20(16-24(22)37-7)27-26(29(34)39-17(2)3)18(4)31-30-32(27)28(33)25(40-30)15-19-9-11-21(35-5)23(14-19)36-6/h8-12,14-17,27H,1,13H2,2-7H3. The minimum Gasteiger partial charge on any atom is -0.493 e. The fraction of sp³-hybridized carbons (Fsp3) is 0.300. The fourth-order valence-electron chi connectivity index (χ4n) is 4.39. The summed E-state index contributed by atoms with van der Waals surface area (Å²) in [4.78, 5) is 32.4. The highest BCUT2D eigenvalue weighted by molar-refractivity contribution is 7.07. The summed E-state index contributed by atoms with van der Waals surface area (Å²) in [6.45, 7) is 9.27. The largest absolute Gasteiger partial charge is 0.493 e. The second kappa shape index (κ2) is 12.3. The minimum absolute atomic E-state index is 0.278. The van der Waals surface area contributed by atoms with Crippen molar-refractivity contribution >= 4 is 23.4 Å². The Morgan fingerprint density at radius 2 is 1.73 bits per heavy atom. The molecule has 0 bridgehead atoms. The first-order valence-corrected chi connectivity index (χ1v) is 13.4. The van der Waals surface area contributed by atoms with Crippen LogP contribution >= 0.6 is 11.3 Å². The van der Waals surface area contributed by atoms with Crippen molar-refractivity contribution in [2.24, 2.45) is 4.99 Å². The van der Waals surface area contributed by atoms with Crippen LogP contribution in [-0.4, -0.2) is 44.6 Å². The number of thiazole rings is 1. The number of hydrogen-bond acceptors (Lipinski definition) is 9. The van der Waals surface area contributed by atoms with Crippen LogP contribution in [0, 0.1) is 0 Å². The van der Waals surface area contributed by atoms with Gasteiger partial charge in [-0.25, -0.2) is 9.79 Å². The molecule has 1 atom stereocenters. The monoisotopic (exact) mass is 564 g/mol. The van der Waals surface area contributed by atoms with Gasteiger partial charge in [0.1, 0.15) is 6.61 Å². The number of ether oxygens (including phenoxy) is 5. The Morgan fingerprint density at radius 1 is 1.05 bits per heavy atom. The third-order valence-corrected chi connectivity index (χ3v) is 7.13. The van der Waals surface area contributed by atoms with E-state index >= 15 is 0 Å². The molecule has 0 spiro atoms. The average molecular weight is 565 g/mol. The topological polar surface area (TPSA) is 97.6 Å². The van der Waals surface area contributed by atoms with Crippen molar-refractivity contribution in [3.8, 4) is 23.0 Å². The highest BCUT2D eigenvalue weighted by Gasteiger charge is 2.34. The Balaban J connectivity index is 1.92. The molecule has 40 heavy (non-hydrogen) atoms. The van der Waals surface area contributed by atoms with Crippen LogP contribution in [0.1, 0.15) is 37.9 Å². The van der Waals surface area contributed by atoms with Crippen LogP contribution in [0.25, 0.3) is 6.08 Å². The third-order valence-electron chi connectivity index (χ3n) is 6.15. The van der Waals surface area contributed by atoms with Gasteiger partial charge in [0.05, 0.1) is 49.3 Å².